The minimum Gasteiger partial charge on any atom is -0.490 e. The van der Waals surface area contributed by atoms with E-state index >= 15 is 0 Å². The van der Waals surface area contributed by atoms with Gasteiger partial charge in [0.2, 0.25) is 0 Å². The molecular formula is C17H23F2N3O3. The van der Waals surface area contributed by atoms with Crippen molar-refractivity contribution in [3.05, 3.63) is 28.3 Å². The summed E-state index contributed by atoms with van der Waals surface area (Å²) in [5.41, 5.74) is 0.849. The number of piperidine rings is 2. The first-order valence-corrected chi connectivity index (χ1v) is 8.59. The molecule has 3 rings (SSSR count). The molecule has 0 spiro atoms. The number of halogens is 2. The van der Waals surface area contributed by atoms with E-state index in [-0.39, 0.29) is 24.3 Å². The number of rotatable bonds is 4. The molecule has 1 aromatic carbocycles. The van der Waals surface area contributed by atoms with Crippen LogP contribution in [0.5, 0.6) is 5.75 Å². The van der Waals surface area contributed by atoms with Gasteiger partial charge in [0.05, 0.1) is 12.0 Å². The van der Waals surface area contributed by atoms with Crippen LogP contribution in [0.1, 0.15) is 25.7 Å². The van der Waals surface area contributed by atoms with E-state index in [0.717, 1.165) is 31.6 Å². The van der Waals surface area contributed by atoms with E-state index in [1.54, 1.807) is 12.1 Å². The lowest BCUT2D eigenvalue weighted by Crippen LogP contribution is -2.49. The van der Waals surface area contributed by atoms with Crippen LogP contribution in [0, 0.1) is 10.1 Å². The molecule has 6 nitrogen and oxygen atoms in total. The molecule has 138 valence electrons. The molecule has 2 saturated heterocycles. The maximum absolute atomic E-state index is 13.3. The fraction of sp³-hybridized carbons (Fsp3) is 0.647. The van der Waals surface area contributed by atoms with Gasteiger partial charge in [-0.1, -0.05) is 0 Å². The zero-order valence-corrected chi connectivity index (χ0v) is 14.3. The molecule has 8 heteroatoms. The number of likely N-dealkylation sites (tertiary alicyclic amines) is 1. The lowest BCUT2D eigenvalue weighted by Gasteiger charge is -2.42. The summed E-state index contributed by atoms with van der Waals surface area (Å²) in [6, 6.07) is 5.24. The quantitative estimate of drug-likeness (QED) is 0.613. The SMILES string of the molecule is COc1cc(N2CCC(N3CCC(F)(F)CC3)CC2)ccc1[N+](=O)[O-]. The van der Waals surface area contributed by atoms with E-state index in [1.807, 2.05) is 0 Å². The summed E-state index contributed by atoms with van der Waals surface area (Å²) in [6.07, 6.45) is 1.72. The van der Waals surface area contributed by atoms with Crippen LogP contribution in [0.4, 0.5) is 20.2 Å². The number of methoxy groups -OCH3 is 1. The van der Waals surface area contributed by atoms with E-state index in [4.69, 9.17) is 4.74 Å². The van der Waals surface area contributed by atoms with E-state index in [9.17, 15) is 18.9 Å². The zero-order valence-electron chi connectivity index (χ0n) is 14.3. The van der Waals surface area contributed by atoms with Crippen LogP contribution in [0.3, 0.4) is 0 Å². The molecule has 2 aliphatic rings. The molecule has 0 unspecified atom stereocenters. The van der Waals surface area contributed by atoms with Gasteiger partial charge >= 0.3 is 5.69 Å². The van der Waals surface area contributed by atoms with Gasteiger partial charge in [-0.25, -0.2) is 8.78 Å². The fourth-order valence-electron chi connectivity index (χ4n) is 3.72. The molecule has 25 heavy (non-hydrogen) atoms. The van der Waals surface area contributed by atoms with Gasteiger partial charge in [-0.05, 0) is 18.9 Å². The molecule has 0 amide bonds. The highest BCUT2D eigenvalue weighted by molar-refractivity contribution is 5.59. The number of nitro benzene ring substituents is 1. The largest absolute Gasteiger partial charge is 0.490 e. The molecule has 2 aliphatic heterocycles. The molecule has 0 saturated carbocycles. The Hall–Kier alpha value is -1.96. The summed E-state index contributed by atoms with van der Waals surface area (Å²) >= 11 is 0. The molecule has 0 radical (unpaired) electrons. The number of alkyl halides is 2. The van der Waals surface area contributed by atoms with Crippen molar-refractivity contribution in [2.45, 2.75) is 37.6 Å². The Bertz CT molecular complexity index is 624. The van der Waals surface area contributed by atoms with Crippen LogP contribution < -0.4 is 9.64 Å². The first kappa shape index (κ1) is 17.8. The number of nitro groups is 1. The number of ether oxygens (including phenoxy) is 1. The van der Waals surface area contributed by atoms with Crippen molar-refractivity contribution in [2.75, 3.05) is 38.2 Å². The second kappa shape index (κ2) is 7.11. The van der Waals surface area contributed by atoms with Gasteiger partial charge in [0.25, 0.3) is 5.92 Å². The Morgan fingerprint density at radius 1 is 1.20 bits per heavy atom. The summed E-state index contributed by atoms with van der Waals surface area (Å²) < 4.78 is 31.7. The maximum Gasteiger partial charge on any atom is 0.311 e. The van der Waals surface area contributed by atoms with Crippen LogP contribution in [0.15, 0.2) is 18.2 Å². The Kier molecular flexibility index (Phi) is 5.08. The minimum absolute atomic E-state index is 0.0459. The topological polar surface area (TPSA) is 58.8 Å². The highest BCUT2D eigenvalue weighted by atomic mass is 19.3. The first-order valence-electron chi connectivity index (χ1n) is 8.59. The number of hydrogen-bond acceptors (Lipinski definition) is 5. The first-order chi connectivity index (χ1) is 11.9. The third-order valence-electron chi connectivity index (χ3n) is 5.24. The van der Waals surface area contributed by atoms with Crippen LogP contribution >= 0.6 is 0 Å². The summed E-state index contributed by atoms with van der Waals surface area (Å²) in [5.74, 6) is -2.25. The lowest BCUT2D eigenvalue weighted by atomic mass is 9.98. The van der Waals surface area contributed by atoms with Crippen molar-refractivity contribution < 1.29 is 18.4 Å². The van der Waals surface area contributed by atoms with Gasteiger partial charge in [-0.15, -0.1) is 0 Å². The third kappa shape index (κ3) is 4.00. The number of hydrogen-bond donors (Lipinski definition) is 0. The lowest BCUT2D eigenvalue weighted by molar-refractivity contribution is -0.385. The highest BCUT2D eigenvalue weighted by Gasteiger charge is 2.37. The predicted molar refractivity (Wildman–Crippen MR) is 90.6 cm³/mol. The van der Waals surface area contributed by atoms with Gasteiger partial charge in [0, 0.05) is 62.9 Å². The molecule has 2 heterocycles. The van der Waals surface area contributed by atoms with E-state index in [2.05, 4.69) is 9.80 Å². The summed E-state index contributed by atoms with van der Waals surface area (Å²) in [6.45, 7) is 2.53. The van der Waals surface area contributed by atoms with Gasteiger partial charge in [-0.2, -0.15) is 0 Å². The van der Waals surface area contributed by atoms with Crippen molar-refractivity contribution in [1.82, 2.24) is 4.90 Å². The minimum atomic E-state index is -2.51. The molecule has 1 aromatic rings. The second-order valence-electron chi connectivity index (χ2n) is 6.72. The Morgan fingerprint density at radius 3 is 2.40 bits per heavy atom. The van der Waals surface area contributed by atoms with E-state index < -0.39 is 10.8 Å². The zero-order chi connectivity index (χ0) is 18.0. The van der Waals surface area contributed by atoms with Crippen LogP contribution in [0.25, 0.3) is 0 Å². The van der Waals surface area contributed by atoms with Crippen LogP contribution in [-0.4, -0.2) is 55.1 Å². The average molecular weight is 355 g/mol. The molecule has 2 fully saturated rings. The van der Waals surface area contributed by atoms with E-state index in [1.165, 1.54) is 13.2 Å². The van der Waals surface area contributed by atoms with Crippen molar-refractivity contribution in [3.63, 3.8) is 0 Å². The molecule has 0 aromatic heterocycles. The fourth-order valence-corrected chi connectivity index (χ4v) is 3.72. The van der Waals surface area contributed by atoms with Crippen molar-refractivity contribution in [2.24, 2.45) is 0 Å². The predicted octanol–water partition coefficient (Wildman–Crippen LogP) is 3.30. The molecular weight excluding hydrogens is 332 g/mol. The molecule has 0 aliphatic carbocycles. The molecule has 0 atom stereocenters. The Morgan fingerprint density at radius 2 is 1.84 bits per heavy atom. The number of benzene rings is 1. The molecule has 0 N–H and O–H groups in total. The van der Waals surface area contributed by atoms with E-state index in [0.29, 0.717) is 19.1 Å². The van der Waals surface area contributed by atoms with Gasteiger partial charge in [0.15, 0.2) is 5.75 Å². The Labute approximate surface area is 145 Å². The van der Waals surface area contributed by atoms with Crippen molar-refractivity contribution >= 4 is 11.4 Å². The standard InChI is InChI=1S/C17H23F2N3O3/c1-25-16-12-14(2-3-15(16)22(23)24)20-8-4-13(5-9-20)21-10-6-17(18,19)7-11-21/h2-3,12-13H,4-11H2,1H3. The summed E-state index contributed by atoms with van der Waals surface area (Å²) in [5, 5.41) is 11.0. The second-order valence-corrected chi connectivity index (χ2v) is 6.72. The smallest absolute Gasteiger partial charge is 0.311 e. The van der Waals surface area contributed by atoms with Crippen molar-refractivity contribution in [3.8, 4) is 5.75 Å². The van der Waals surface area contributed by atoms with Gasteiger partial charge < -0.3 is 9.64 Å². The summed E-state index contributed by atoms with van der Waals surface area (Å²) in [4.78, 5) is 14.9. The van der Waals surface area contributed by atoms with Crippen molar-refractivity contribution in [1.29, 1.82) is 0 Å². The number of anilines is 1. The highest BCUT2D eigenvalue weighted by Crippen LogP contribution is 2.34. The summed E-state index contributed by atoms with van der Waals surface area (Å²) in [7, 11) is 1.42. The normalized spacial score (nSPS) is 22.0. The average Bonchev–Trinajstić information content (AvgIpc) is 2.61. The monoisotopic (exact) mass is 355 g/mol. The van der Waals surface area contributed by atoms with Crippen LogP contribution in [-0.2, 0) is 0 Å². The molecule has 0 bridgehead atoms. The third-order valence-corrected chi connectivity index (χ3v) is 5.24. The Balaban J connectivity index is 1.60. The number of nitrogens with zero attached hydrogens (tertiary/aromatic N) is 3. The van der Waals surface area contributed by atoms with Crippen LogP contribution in [0.2, 0.25) is 0 Å². The maximum atomic E-state index is 13.3. The van der Waals surface area contributed by atoms with Gasteiger partial charge in [-0.3, -0.25) is 15.0 Å². The van der Waals surface area contributed by atoms with Gasteiger partial charge in [0.1, 0.15) is 0 Å².